The number of nitrogens with zero attached hydrogens (tertiary/aromatic N) is 3. The maximum absolute atomic E-state index is 12.2. The summed E-state index contributed by atoms with van der Waals surface area (Å²) >= 11 is 1.36. The summed E-state index contributed by atoms with van der Waals surface area (Å²) < 4.78 is 5.41. The second-order valence-corrected chi connectivity index (χ2v) is 8.33. The van der Waals surface area contributed by atoms with E-state index in [9.17, 15) is 9.59 Å². The Morgan fingerprint density at radius 3 is 2.69 bits per heavy atom. The van der Waals surface area contributed by atoms with Crippen LogP contribution in [0, 0.1) is 5.92 Å². The molecule has 1 fully saturated rings. The van der Waals surface area contributed by atoms with Gasteiger partial charge < -0.3 is 14.6 Å². The van der Waals surface area contributed by atoms with Gasteiger partial charge >= 0.3 is 6.03 Å². The lowest BCUT2D eigenvalue weighted by molar-refractivity contribution is 0.0936. The van der Waals surface area contributed by atoms with Gasteiger partial charge in [0.2, 0.25) is 5.78 Å². The van der Waals surface area contributed by atoms with Gasteiger partial charge in [-0.3, -0.25) is 4.79 Å². The third-order valence-corrected chi connectivity index (χ3v) is 5.32. The lowest BCUT2D eigenvalue weighted by atomic mass is 9.96. The number of carbonyl (C=O) groups is 2. The topological polar surface area (TPSA) is 88.3 Å². The Balaban J connectivity index is 1.68. The highest BCUT2D eigenvalue weighted by molar-refractivity contribution is 7.99. The molecule has 0 atom stereocenters. The molecule has 0 aliphatic heterocycles. The number of ketones is 1. The van der Waals surface area contributed by atoms with E-state index >= 15 is 0 Å². The molecule has 2 amide bonds. The van der Waals surface area contributed by atoms with Gasteiger partial charge in [-0.15, -0.1) is 10.2 Å². The molecule has 1 aromatic rings. The van der Waals surface area contributed by atoms with Crippen molar-refractivity contribution in [3.05, 3.63) is 5.89 Å². The molecule has 8 heteroatoms. The van der Waals surface area contributed by atoms with Crippen molar-refractivity contribution in [2.24, 2.45) is 5.92 Å². The summed E-state index contributed by atoms with van der Waals surface area (Å²) in [5.41, 5.74) is 0. The fourth-order valence-corrected chi connectivity index (χ4v) is 3.59. The van der Waals surface area contributed by atoms with Crippen LogP contribution in [0.1, 0.15) is 69.5 Å². The molecular weight excluding hydrogens is 352 g/mol. The Labute approximate surface area is 159 Å². The van der Waals surface area contributed by atoms with Gasteiger partial charge in [-0.05, 0) is 25.2 Å². The van der Waals surface area contributed by atoms with Gasteiger partial charge in [-0.1, -0.05) is 44.9 Å². The molecule has 1 N–H and O–H groups in total. The molecule has 26 heavy (non-hydrogen) atoms. The summed E-state index contributed by atoms with van der Waals surface area (Å²) in [6, 6.07) is 0.272. The lowest BCUT2D eigenvalue weighted by Gasteiger charge is -2.26. The van der Waals surface area contributed by atoms with Crippen LogP contribution in [0.2, 0.25) is 0 Å². The summed E-state index contributed by atoms with van der Waals surface area (Å²) in [6.07, 6.45) is 7.04. The van der Waals surface area contributed by atoms with E-state index in [-0.39, 0.29) is 17.7 Å². The predicted molar refractivity (Wildman–Crippen MR) is 101 cm³/mol. The number of rotatable bonds is 9. The van der Waals surface area contributed by atoms with Crippen molar-refractivity contribution in [1.29, 1.82) is 0 Å². The van der Waals surface area contributed by atoms with Crippen molar-refractivity contribution >= 4 is 23.6 Å². The smallest absolute Gasteiger partial charge is 0.317 e. The van der Waals surface area contributed by atoms with E-state index in [1.807, 2.05) is 0 Å². The van der Waals surface area contributed by atoms with Gasteiger partial charge in [0.1, 0.15) is 0 Å². The summed E-state index contributed by atoms with van der Waals surface area (Å²) in [5, 5.41) is 11.2. The molecule has 0 spiro atoms. The van der Waals surface area contributed by atoms with E-state index in [2.05, 4.69) is 29.4 Å². The second-order valence-electron chi connectivity index (χ2n) is 7.28. The largest absolute Gasteiger partial charge is 0.408 e. The monoisotopic (exact) mass is 382 g/mol. The van der Waals surface area contributed by atoms with Gasteiger partial charge in [0, 0.05) is 31.8 Å². The first-order valence-electron chi connectivity index (χ1n) is 9.47. The van der Waals surface area contributed by atoms with Crippen LogP contribution in [0.25, 0.3) is 0 Å². The zero-order chi connectivity index (χ0) is 18.9. The van der Waals surface area contributed by atoms with Gasteiger partial charge in [-0.25, -0.2) is 4.79 Å². The fourth-order valence-electron chi connectivity index (χ4n) is 2.81. The van der Waals surface area contributed by atoms with Gasteiger partial charge in [0.15, 0.2) is 0 Å². The number of urea groups is 1. The first-order chi connectivity index (χ1) is 12.5. The second kappa shape index (κ2) is 10.5. The Morgan fingerprint density at radius 2 is 2.00 bits per heavy atom. The molecule has 2 rings (SSSR count). The molecule has 1 aliphatic rings. The number of hydrogen-bond donors (Lipinski definition) is 1. The van der Waals surface area contributed by atoms with Crippen LogP contribution in [0.15, 0.2) is 9.64 Å². The van der Waals surface area contributed by atoms with Crippen molar-refractivity contribution in [2.45, 2.75) is 70.1 Å². The standard InChI is InChI=1S/C18H30N4O3S/c1-13(2)9-10-15(23)16-20-21-18(25-16)26-12-11-22(3)17(24)19-14-7-5-4-6-8-14/h13-14H,4-12H2,1-3H3,(H,19,24). The molecule has 1 saturated carbocycles. The first-order valence-corrected chi connectivity index (χ1v) is 10.5. The van der Waals surface area contributed by atoms with Crippen molar-refractivity contribution in [1.82, 2.24) is 20.4 Å². The molecule has 0 unspecified atom stereocenters. The summed E-state index contributed by atoms with van der Waals surface area (Å²) in [5.74, 6) is 1.07. The number of Topliss-reactive ketones (excluding diaryl/α,β-unsaturated/α-hetero) is 1. The van der Waals surface area contributed by atoms with Crippen LogP contribution in [-0.2, 0) is 0 Å². The zero-order valence-corrected chi connectivity index (χ0v) is 16.8. The van der Waals surface area contributed by atoms with E-state index in [0.717, 1.165) is 19.3 Å². The molecule has 1 aliphatic carbocycles. The van der Waals surface area contributed by atoms with E-state index in [1.54, 1.807) is 11.9 Å². The number of hydrogen-bond acceptors (Lipinski definition) is 6. The maximum Gasteiger partial charge on any atom is 0.317 e. The van der Waals surface area contributed by atoms with Crippen LogP contribution >= 0.6 is 11.8 Å². The highest BCUT2D eigenvalue weighted by Gasteiger charge is 2.18. The average molecular weight is 383 g/mol. The number of carbonyl (C=O) groups excluding carboxylic acids is 2. The molecule has 7 nitrogen and oxygen atoms in total. The highest BCUT2D eigenvalue weighted by atomic mass is 32.2. The van der Waals surface area contributed by atoms with Crippen molar-refractivity contribution in [3.63, 3.8) is 0 Å². The minimum atomic E-state index is -0.109. The van der Waals surface area contributed by atoms with Crippen LogP contribution in [-0.4, -0.2) is 52.3 Å². The molecule has 1 aromatic heterocycles. The number of nitrogens with one attached hydrogen (secondary N) is 1. The summed E-state index contributed by atoms with van der Waals surface area (Å²) in [4.78, 5) is 25.8. The number of thioether (sulfide) groups is 1. The third kappa shape index (κ3) is 6.97. The molecule has 0 bridgehead atoms. The van der Waals surface area contributed by atoms with Gasteiger partial charge in [0.25, 0.3) is 11.1 Å². The Morgan fingerprint density at radius 1 is 1.27 bits per heavy atom. The summed E-state index contributed by atoms with van der Waals surface area (Å²) in [7, 11) is 1.79. The fraction of sp³-hybridized carbons (Fsp3) is 0.778. The van der Waals surface area contributed by atoms with Crippen LogP contribution in [0.4, 0.5) is 4.79 Å². The Kier molecular flexibility index (Phi) is 8.41. The predicted octanol–water partition coefficient (Wildman–Crippen LogP) is 3.75. The van der Waals surface area contributed by atoms with Crippen molar-refractivity contribution < 1.29 is 14.0 Å². The third-order valence-electron chi connectivity index (χ3n) is 4.53. The van der Waals surface area contributed by atoms with E-state index < -0.39 is 0 Å². The minimum Gasteiger partial charge on any atom is -0.408 e. The Hall–Kier alpha value is -1.57. The number of aromatic nitrogens is 2. The molecule has 0 radical (unpaired) electrons. The van der Waals surface area contributed by atoms with Crippen LogP contribution < -0.4 is 5.32 Å². The number of amides is 2. The summed E-state index contributed by atoms with van der Waals surface area (Å²) in [6.45, 7) is 4.72. The van der Waals surface area contributed by atoms with E-state index in [0.29, 0.717) is 35.9 Å². The molecular formula is C18H30N4O3S. The van der Waals surface area contributed by atoms with Crippen LogP contribution in [0.5, 0.6) is 0 Å². The van der Waals surface area contributed by atoms with Crippen LogP contribution in [0.3, 0.4) is 0 Å². The molecule has 146 valence electrons. The average Bonchev–Trinajstić information content (AvgIpc) is 3.09. The molecule has 0 aromatic carbocycles. The van der Waals surface area contributed by atoms with E-state index in [4.69, 9.17) is 4.42 Å². The quantitative estimate of drug-likeness (QED) is 0.517. The minimum absolute atomic E-state index is 0.0346. The molecule has 1 heterocycles. The highest BCUT2D eigenvalue weighted by Crippen LogP contribution is 2.19. The van der Waals surface area contributed by atoms with Crippen molar-refractivity contribution in [3.8, 4) is 0 Å². The van der Waals surface area contributed by atoms with E-state index in [1.165, 1.54) is 31.0 Å². The SMILES string of the molecule is CC(C)CCC(=O)c1nnc(SCCN(C)C(=O)NC2CCCCC2)o1. The molecule has 0 saturated heterocycles. The zero-order valence-electron chi connectivity index (χ0n) is 16.0. The van der Waals surface area contributed by atoms with Gasteiger partial charge in [-0.2, -0.15) is 0 Å². The maximum atomic E-state index is 12.2. The Bertz CT molecular complexity index is 585. The normalized spacial score (nSPS) is 15.2. The lowest BCUT2D eigenvalue weighted by Crippen LogP contribution is -2.44. The van der Waals surface area contributed by atoms with Crippen molar-refractivity contribution in [2.75, 3.05) is 19.3 Å². The van der Waals surface area contributed by atoms with Gasteiger partial charge in [0.05, 0.1) is 0 Å². The first kappa shape index (κ1) is 20.7.